The molecule has 17 nitrogen and oxygen atoms in total. The summed E-state index contributed by atoms with van der Waals surface area (Å²) in [4.78, 5) is 72.7. The molecule has 0 bridgehead atoms. The van der Waals surface area contributed by atoms with Gasteiger partial charge in [-0.3, -0.25) is 37.3 Å². The molecular weight excluding hydrogens is 1220 g/mol. The van der Waals surface area contributed by atoms with Crippen molar-refractivity contribution in [2.24, 2.45) is 17.8 Å². The largest absolute Gasteiger partial charge is 0.472 e. The van der Waals surface area contributed by atoms with E-state index < -0.39 is 97.5 Å². The SMILES string of the molecule is CCCCCCCCCCCCCCCCCCCC(=O)O[C@H](COC(=O)CCCCCCCCCCCCCCCC(C)C)COP(=O)(O)OC[C@@H](O)COP(=O)(O)OC[C@@H](COC(=O)CCCCCCCCCC(C)C)OC(=O)CCCCCCCCCC(C)C. The highest BCUT2D eigenvalue weighted by molar-refractivity contribution is 7.47. The Morgan fingerprint density at radius 1 is 0.290 bits per heavy atom. The third-order valence-corrected chi connectivity index (χ3v) is 19.0. The van der Waals surface area contributed by atoms with Gasteiger partial charge in [0.15, 0.2) is 12.2 Å². The average molecular weight is 1370 g/mol. The molecule has 0 amide bonds. The monoisotopic (exact) mass is 1370 g/mol. The molecule has 0 saturated carbocycles. The van der Waals surface area contributed by atoms with E-state index in [2.05, 4.69) is 48.5 Å². The fourth-order valence-electron chi connectivity index (χ4n) is 11.2. The Balaban J connectivity index is 5.23. The summed E-state index contributed by atoms with van der Waals surface area (Å²) in [6, 6.07) is 0. The number of phosphoric ester groups is 2. The van der Waals surface area contributed by atoms with Gasteiger partial charge in [-0.05, 0) is 43.4 Å². The second-order valence-corrected chi connectivity index (χ2v) is 31.0. The summed E-state index contributed by atoms with van der Waals surface area (Å²) < 4.78 is 68.4. The van der Waals surface area contributed by atoms with E-state index >= 15 is 0 Å². The van der Waals surface area contributed by atoms with E-state index in [1.807, 2.05) is 0 Å². The molecule has 93 heavy (non-hydrogen) atoms. The molecule has 0 saturated heterocycles. The molecule has 0 aliphatic carbocycles. The van der Waals surface area contributed by atoms with Crippen LogP contribution in [0.15, 0.2) is 0 Å². The number of hydrogen-bond donors (Lipinski definition) is 3. The van der Waals surface area contributed by atoms with Gasteiger partial charge >= 0.3 is 39.5 Å². The molecule has 552 valence electrons. The smallest absolute Gasteiger partial charge is 0.462 e. The molecule has 0 aliphatic heterocycles. The first kappa shape index (κ1) is 91.1. The van der Waals surface area contributed by atoms with Crippen molar-refractivity contribution in [3.05, 3.63) is 0 Å². The van der Waals surface area contributed by atoms with Crippen LogP contribution in [0.25, 0.3) is 0 Å². The number of carbonyl (C=O) groups excluding carboxylic acids is 4. The van der Waals surface area contributed by atoms with Crippen molar-refractivity contribution in [2.75, 3.05) is 39.6 Å². The Hall–Kier alpha value is -1.94. The standard InChI is InChI=1S/C74H144O17P2/c1-8-9-10-11-12-13-14-15-16-17-18-21-25-28-35-43-50-57-73(78)90-69(61-84-71(76)55-48-41-34-27-24-22-19-20-23-26-31-38-45-52-65(2)3)63-88-92(80,81)86-59-68(75)60-87-93(82,83)89-64-70(91-74(79)58-51-44-37-30-33-40-47-54-67(6)7)62-85-72(77)56-49-42-36-29-32-39-46-53-66(4)5/h65-70,75H,8-64H2,1-7H3,(H,80,81)(H,82,83)/t68-,69-,70-/m1/s1. The molecule has 0 radical (unpaired) electrons. The number of aliphatic hydroxyl groups is 1. The average Bonchev–Trinajstić information content (AvgIpc) is 2.43. The Morgan fingerprint density at radius 3 is 0.731 bits per heavy atom. The van der Waals surface area contributed by atoms with E-state index in [9.17, 15) is 43.2 Å². The van der Waals surface area contributed by atoms with Crippen LogP contribution < -0.4 is 0 Å². The Labute approximate surface area is 568 Å². The van der Waals surface area contributed by atoms with Crippen molar-refractivity contribution in [1.82, 2.24) is 0 Å². The molecule has 0 spiro atoms. The summed E-state index contributed by atoms with van der Waals surface area (Å²) in [7, 11) is -9.91. The Bertz CT molecular complexity index is 1820. The van der Waals surface area contributed by atoms with E-state index in [1.54, 1.807) is 0 Å². The lowest BCUT2D eigenvalue weighted by atomic mass is 10.0. The molecule has 0 aromatic rings. The van der Waals surface area contributed by atoms with E-state index in [1.165, 1.54) is 180 Å². The van der Waals surface area contributed by atoms with Crippen molar-refractivity contribution >= 4 is 39.5 Å². The first-order valence-corrected chi connectivity index (χ1v) is 41.3. The summed E-state index contributed by atoms with van der Waals surface area (Å²) in [5, 5.41) is 10.6. The van der Waals surface area contributed by atoms with Crippen LogP contribution in [-0.2, 0) is 65.4 Å². The van der Waals surface area contributed by atoms with Crippen LogP contribution in [0.4, 0.5) is 0 Å². The minimum Gasteiger partial charge on any atom is -0.462 e. The summed E-state index contributed by atoms with van der Waals surface area (Å²) in [5.74, 6) is 0.0686. The molecule has 0 aliphatic rings. The lowest BCUT2D eigenvalue weighted by Gasteiger charge is -2.21. The van der Waals surface area contributed by atoms with Crippen LogP contribution in [-0.4, -0.2) is 96.7 Å². The zero-order chi connectivity index (χ0) is 68.7. The molecule has 3 N–H and O–H groups in total. The molecule has 5 atom stereocenters. The second kappa shape index (κ2) is 64.7. The van der Waals surface area contributed by atoms with Gasteiger partial charge in [0.05, 0.1) is 26.4 Å². The molecule has 0 rings (SSSR count). The van der Waals surface area contributed by atoms with Crippen LogP contribution in [0.5, 0.6) is 0 Å². The predicted octanol–water partition coefficient (Wildman–Crippen LogP) is 21.4. The lowest BCUT2D eigenvalue weighted by molar-refractivity contribution is -0.161. The van der Waals surface area contributed by atoms with Gasteiger partial charge in [0.25, 0.3) is 0 Å². The maximum atomic E-state index is 13.1. The van der Waals surface area contributed by atoms with E-state index in [4.69, 9.17) is 37.0 Å². The predicted molar refractivity (Wildman–Crippen MR) is 377 cm³/mol. The van der Waals surface area contributed by atoms with Gasteiger partial charge in [-0.1, -0.05) is 325 Å². The topological polar surface area (TPSA) is 237 Å². The number of carbonyl (C=O) groups is 4. The fraction of sp³-hybridized carbons (Fsp3) is 0.946. The van der Waals surface area contributed by atoms with Crippen LogP contribution in [0, 0.1) is 17.8 Å². The van der Waals surface area contributed by atoms with Gasteiger partial charge in [0.2, 0.25) is 0 Å². The van der Waals surface area contributed by atoms with E-state index in [0.717, 1.165) is 102 Å². The second-order valence-electron chi connectivity index (χ2n) is 28.1. The quantitative estimate of drug-likeness (QED) is 0.0222. The van der Waals surface area contributed by atoms with Gasteiger partial charge in [0, 0.05) is 25.7 Å². The van der Waals surface area contributed by atoms with Crippen molar-refractivity contribution in [1.29, 1.82) is 0 Å². The van der Waals surface area contributed by atoms with Crippen LogP contribution in [0.2, 0.25) is 0 Å². The number of unbranched alkanes of at least 4 members (excludes halogenated alkanes) is 40. The van der Waals surface area contributed by atoms with Crippen LogP contribution in [0.1, 0.15) is 376 Å². The van der Waals surface area contributed by atoms with E-state index in [-0.39, 0.29) is 25.7 Å². The Kier molecular flexibility index (Phi) is 63.4. The van der Waals surface area contributed by atoms with Crippen molar-refractivity contribution in [3.8, 4) is 0 Å². The third-order valence-electron chi connectivity index (χ3n) is 17.1. The molecule has 19 heteroatoms. The molecule has 0 aromatic heterocycles. The minimum atomic E-state index is -4.96. The number of rotatable bonds is 72. The first-order chi connectivity index (χ1) is 44.7. The number of ether oxygens (including phenoxy) is 4. The minimum absolute atomic E-state index is 0.103. The molecule has 0 heterocycles. The summed E-state index contributed by atoms with van der Waals surface area (Å²) >= 11 is 0. The highest BCUT2D eigenvalue weighted by Gasteiger charge is 2.30. The normalized spacial score (nSPS) is 14.1. The number of aliphatic hydroxyl groups excluding tert-OH is 1. The van der Waals surface area contributed by atoms with Crippen molar-refractivity contribution in [3.63, 3.8) is 0 Å². The molecular formula is C74H144O17P2. The first-order valence-electron chi connectivity index (χ1n) is 38.3. The molecule has 2 unspecified atom stereocenters. The fourth-order valence-corrected chi connectivity index (χ4v) is 12.8. The van der Waals surface area contributed by atoms with Gasteiger partial charge in [-0.2, -0.15) is 0 Å². The van der Waals surface area contributed by atoms with Gasteiger partial charge in [-0.15, -0.1) is 0 Å². The van der Waals surface area contributed by atoms with Gasteiger partial charge in [-0.25, -0.2) is 9.13 Å². The Morgan fingerprint density at radius 2 is 0.495 bits per heavy atom. The molecule has 0 fully saturated rings. The number of phosphoric acid groups is 2. The zero-order valence-electron chi connectivity index (χ0n) is 60.7. The maximum absolute atomic E-state index is 13.1. The highest BCUT2D eigenvalue weighted by Crippen LogP contribution is 2.45. The van der Waals surface area contributed by atoms with E-state index in [0.29, 0.717) is 37.5 Å². The molecule has 0 aromatic carbocycles. The third kappa shape index (κ3) is 68.4. The van der Waals surface area contributed by atoms with Crippen LogP contribution in [0.3, 0.4) is 0 Å². The number of hydrogen-bond acceptors (Lipinski definition) is 15. The zero-order valence-corrected chi connectivity index (χ0v) is 62.5. The summed E-state index contributed by atoms with van der Waals surface area (Å²) in [6.07, 6.45) is 50.2. The maximum Gasteiger partial charge on any atom is 0.472 e. The summed E-state index contributed by atoms with van der Waals surface area (Å²) in [5.41, 5.74) is 0. The van der Waals surface area contributed by atoms with Crippen molar-refractivity contribution in [2.45, 2.75) is 394 Å². The number of esters is 4. The van der Waals surface area contributed by atoms with Gasteiger partial charge < -0.3 is 33.8 Å². The highest BCUT2D eigenvalue weighted by atomic mass is 31.2. The lowest BCUT2D eigenvalue weighted by Crippen LogP contribution is -2.30. The van der Waals surface area contributed by atoms with Crippen LogP contribution >= 0.6 is 15.6 Å². The van der Waals surface area contributed by atoms with Gasteiger partial charge in [0.1, 0.15) is 19.3 Å². The summed E-state index contributed by atoms with van der Waals surface area (Å²) in [6.45, 7) is 11.8. The van der Waals surface area contributed by atoms with Crippen molar-refractivity contribution < 1.29 is 80.2 Å².